The quantitative estimate of drug-likeness (QED) is 0.643. The normalized spacial score (nSPS) is 11.8. The van der Waals surface area contributed by atoms with Gasteiger partial charge < -0.3 is 20.6 Å². The maximum absolute atomic E-state index is 11.1. The molecule has 0 fully saturated rings. The number of rotatable bonds is 4. The fourth-order valence-corrected chi connectivity index (χ4v) is 2.00. The SMILES string of the molecule is CC(Nc1ccccc1C(=O)O)c1cc(O)ccc1O. The van der Waals surface area contributed by atoms with Gasteiger partial charge in [0.2, 0.25) is 0 Å². The lowest BCUT2D eigenvalue weighted by molar-refractivity contribution is 0.0698. The summed E-state index contributed by atoms with van der Waals surface area (Å²) in [4.78, 5) is 11.1. The van der Waals surface area contributed by atoms with Crippen molar-refractivity contribution < 1.29 is 20.1 Å². The van der Waals surface area contributed by atoms with Crippen molar-refractivity contribution in [3.8, 4) is 11.5 Å². The summed E-state index contributed by atoms with van der Waals surface area (Å²) in [6, 6.07) is 10.4. The topological polar surface area (TPSA) is 89.8 Å². The summed E-state index contributed by atoms with van der Waals surface area (Å²) in [5, 5.41) is 31.4. The minimum Gasteiger partial charge on any atom is -0.508 e. The Morgan fingerprint density at radius 1 is 1.15 bits per heavy atom. The number of phenols is 2. The highest BCUT2D eigenvalue weighted by atomic mass is 16.4. The maximum Gasteiger partial charge on any atom is 0.337 e. The van der Waals surface area contributed by atoms with Gasteiger partial charge in [0.05, 0.1) is 11.6 Å². The number of phenolic OH excluding ortho intramolecular Hbond substituents is 2. The summed E-state index contributed by atoms with van der Waals surface area (Å²) in [7, 11) is 0. The van der Waals surface area contributed by atoms with Gasteiger partial charge in [-0.1, -0.05) is 12.1 Å². The lowest BCUT2D eigenvalue weighted by Gasteiger charge is -2.18. The van der Waals surface area contributed by atoms with Crippen molar-refractivity contribution in [2.45, 2.75) is 13.0 Å². The molecule has 0 aliphatic rings. The van der Waals surface area contributed by atoms with Crippen molar-refractivity contribution in [3.63, 3.8) is 0 Å². The lowest BCUT2D eigenvalue weighted by Crippen LogP contribution is -2.10. The zero-order valence-electron chi connectivity index (χ0n) is 10.9. The number of benzene rings is 2. The third-order valence-corrected chi connectivity index (χ3v) is 3.01. The molecule has 0 saturated heterocycles. The molecule has 0 amide bonds. The number of carbonyl (C=O) groups is 1. The highest BCUT2D eigenvalue weighted by Crippen LogP contribution is 2.30. The molecule has 20 heavy (non-hydrogen) atoms. The van der Waals surface area contributed by atoms with Crippen molar-refractivity contribution >= 4 is 11.7 Å². The molecule has 104 valence electrons. The second kappa shape index (κ2) is 5.52. The highest BCUT2D eigenvalue weighted by molar-refractivity contribution is 5.94. The van der Waals surface area contributed by atoms with Crippen molar-refractivity contribution in [1.82, 2.24) is 0 Å². The summed E-state index contributed by atoms with van der Waals surface area (Å²) >= 11 is 0. The molecule has 1 atom stereocenters. The van der Waals surface area contributed by atoms with Crippen LogP contribution in [-0.4, -0.2) is 21.3 Å². The minimum absolute atomic E-state index is 0.0376. The molecule has 0 aliphatic carbocycles. The van der Waals surface area contributed by atoms with E-state index in [0.29, 0.717) is 11.3 Å². The first kappa shape index (κ1) is 13.7. The van der Waals surface area contributed by atoms with Gasteiger partial charge in [-0.15, -0.1) is 0 Å². The van der Waals surface area contributed by atoms with Crippen molar-refractivity contribution in [1.29, 1.82) is 0 Å². The third-order valence-electron chi connectivity index (χ3n) is 3.01. The Hall–Kier alpha value is -2.69. The largest absolute Gasteiger partial charge is 0.508 e. The van der Waals surface area contributed by atoms with Crippen LogP contribution < -0.4 is 5.32 Å². The van der Waals surface area contributed by atoms with Crippen molar-refractivity contribution in [3.05, 3.63) is 53.6 Å². The molecule has 0 spiro atoms. The zero-order chi connectivity index (χ0) is 14.7. The van der Waals surface area contributed by atoms with E-state index in [1.807, 2.05) is 0 Å². The van der Waals surface area contributed by atoms with E-state index in [4.69, 9.17) is 5.11 Å². The average molecular weight is 273 g/mol. The standard InChI is InChI=1S/C15H15NO4/c1-9(12-8-10(17)6-7-14(12)18)16-13-5-3-2-4-11(13)15(19)20/h2-9,16-18H,1H3,(H,19,20). The summed E-state index contributed by atoms with van der Waals surface area (Å²) in [6.45, 7) is 1.77. The number of aromatic carboxylic acids is 1. The van der Waals surface area contributed by atoms with Gasteiger partial charge in [0.15, 0.2) is 0 Å². The Balaban J connectivity index is 2.30. The average Bonchev–Trinajstić information content (AvgIpc) is 2.41. The molecule has 1 unspecified atom stereocenters. The minimum atomic E-state index is -1.03. The van der Waals surface area contributed by atoms with Gasteiger partial charge in [0.25, 0.3) is 0 Å². The summed E-state index contributed by atoms with van der Waals surface area (Å²) in [6.07, 6.45) is 0. The van der Waals surface area contributed by atoms with Gasteiger partial charge in [0, 0.05) is 11.3 Å². The number of hydrogen-bond acceptors (Lipinski definition) is 4. The molecule has 0 heterocycles. The molecule has 0 radical (unpaired) electrons. The van der Waals surface area contributed by atoms with Crippen molar-refractivity contribution in [2.75, 3.05) is 5.32 Å². The maximum atomic E-state index is 11.1. The van der Waals surface area contributed by atoms with E-state index in [2.05, 4.69) is 5.32 Å². The molecular formula is C15H15NO4. The van der Waals surface area contributed by atoms with E-state index in [0.717, 1.165) is 0 Å². The van der Waals surface area contributed by atoms with E-state index < -0.39 is 5.97 Å². The fourth-order valence-electron chi connectivity index (χ4n) is 2.00. The fraction of sp³-hybridized carbons (Fsp3) is 0.133. The van der Waals surface area contributed by atoms with E-state index in [1.54, 1.807) is 25.1 Å². The predicted octanol–water partition coefficient (Wildman–Crippen LogP) is 2.97. The van der Waals surface area contributed by atoms with Crippen LogP contribution in [0.1, 0.15) is 28.9 Å². The number of carboxylic acids is 1. The molecule has 0 saturated carbocycles. The predicted molar refractivity (Wildman–Crippen MR) is 75.2 cm³/mol. The Bertz CT molecular complexity index is 640. The van der Waals surface area contributed by atoms with Crippen LogP contribution in [0.5, 0.6) is 11.5 Å². The lowest BCUT2D eigenvalue weighted by atomic mass is 10.1. The number of nitrogens with one attached hydrogen (secondary N) is 1. The molecule has 2 aromatic rings. The summed E-state index contributed by atoms with van der Waals surface area (Å²) < 4.78 is 0. The molecule has 0 bridgehead atoms. The molecular weight excluding hydrogens is 258 g/mol. The van der Waals surface area contributed by atoms with Crippen molar-refractivity contribution in [2.24, 2.45) is 0 Å². The van der Waals surface area contributed by atoms with Crippen LogP contribution in [0.15, 0.2) is 42.5 Å². The van der Waals surface area contributed by atoms with Gasteiger partial charge in [-0.25, -0.2) is 4.79 Å². The molecule has 0 aliphatic heterocycles. The van der Waals surface area contributed by atoms with Gasteiger partial charge in [0.1, 0.15) is 11.5 Å². The van der Waals surface area contributed by atoms with Gasteiger partial charge in [-0.3, -0.25) is 0 Å². The van der Waals surface area contributed by atoms with Crippen LogP contribution in [0.25, 0.3) is 0 Å². The molecule has 2 rings (SSSR count). The molecule has 5 heteroatoms. The van der Waals surface area contributed by atoms with Crippen LogP contribution in [0, 0.1) is 0 Å². The first-order valence-corrected chi connectivity index (χ1v) is 6.10. The van der Waals surface area contributed by atoms with Crippen LogP contribution in [0.3, 0.4) is 0 Å². The third kappa shape index (κ3) is 2.83. The Morgan fingerprint density at radius 2 is 1.85 bits per heavy atom. The molecule has 2 aromatic carbocycles. The Labute approximate surface area is 116 Å². The van der Waals surface area contributed by atoms with Gasteiger partial charge in [-0.2, -0.15) is 0 Å². The second-order valence-corrected chi connectivity index (χ2v) is 4.46. The van der Waals surface area contributed by atoms with Crippen LogP contribution >= 0.6 is 0 Å². The Kier molecular flexibility index (Phi) is 3.79. The van der Waals surface area contributed by atoms with E-state index in [9.17, 15) is 15.0 Å². The highest BCUT2D eigenvalue weighted by Gasteiger charge is 2.15. The number of aromatic hydroxyl groups is 2. The zero-order valence-corrected chi connectivity index (χ0v) is 10.9. The number of para-hydroxylation sites is 1. The van der Waals surface area contributed by atoms with Crippen LogP contribution in [0.4, 0.5) is 5.69 Å². The van der Waals surface area contributed by atoms with E-state index in [1.165, 1.54) is 24.3 Å². The molecule has 0 aromatic heterocycles. The van der Waals surface area contributed by atoms with Gasteiger partial charge >= 0.3 is 5.97 Å². The van der Waals surface area contributed by atoms with E-state index >= 15 is 0 Å². The molecule has 5 nitrogen and oxygen atoms in total. The Morgan fingerprint density at radius 3 is 2.55 bits per heavy atom. The number of anilines is 1. The smallest absolute Gasteiger partial charge is 0.337 e. The monoisotopic (exact) mass is 273 g/mol. The molecule has 4 N–H and O–H groups in total. The number of carboxylic acid groups (broad SMARTS) is 1. The summed E-state index contributed by atoms with van der Waals surface area (Å²) in [5.41, 5.74) is 1.10. The van der Waals surface area contributed by atoms with E-state index in [-0.39, 0.29) is 23.1 Å². The number of hydrogen-bond donors (Lipinski definition) is 4. The first-order chi connectivity index (χ1) is 9.49. The van der Waals surface area contributed by atoms with Crippen LogP contribution in [0.2, 0.25) is 0 Å². The van der Waals surface area contributed by atoms with Gasteiger partial charge in [-0.05, 0) is 37.3 Å². The summed E-state index contributed by atoms with van der Waals surface area (Å²) in [5.74, 6) is -0.950. The first-order valence-electron chi connectivity index (χ1n) is 6.10. The second-order valence-electron chi connectivity index (χ2n) is 4.46. The van der Waals surface area contributed by atoms with Crippen LogP contribution in [-0.2, 0) is 0 Å².